The quantitative estimate of drug-likeness (QED) is 0.299. The van der Waals surface area contributed by atoms with Gasteiger partial charge in [-0.05, 0) is 28.5 Å². The highest BCUT2D eigenvalue weighted by molar-refractivity contribution is 5.93. The predicted molar refractivity (Wildman–Crippen MR) is 125 cm³/mol. The molecule has 5 nitrogen and oxygen atoms in total. The third kappa shape index (κ3) is 4.74. The Kier molecular flexibility index (Phi) is 6.68. The minimum Gasteiger partial charge on any atom is -0.489 e. The Hall–Kier alpha value is -3.83. The number of rotatable bonds is 9. The van der Waals surface area contributed by atoms with E-state index in [4.69, 9.17) is 14.2 Å². The number of fused-ring (bicyclic) bond motifs is 2. The van der Waals surface area contributed by atoms with Crippen LogP contribution in [0.15, 0.2) is 91.5 Å². The van der Waals surface area contributed by atoms with Gasteiger partial charge in [-0.15, -0.1) is 0 Å². The lowest BCUT2D eigenvalue weighted by Crippen LogP contribution is -2.27. The van der Waals surface area contributed by atoms with Crippen molar-refractivity contribution in [1.29, 1.82) is 0 Å². The number of carbonyl (C=O) groups is 1. The van der Waals surface area contributed by atoms with Crippen molar-refractivity contribution >= 4 is 27.5 Å². The van der Waals surface area contributed by atoms with Gasteiger partial charge < -0.3 is 19.3 Å². The van der Waals surface area contributed by atoms with Crippen molar-refractivity contribution in [2.75, 3.05) is 13.2 Å². The van der Waals surface area contributed by atoms with Crippen LogP contribution in [0.3, 0.4) is 0 Å². The molecule has 4 rings (SSSR count). The molecule has 0 fully saturated rings. The summed E-state index contributed by atoms with van der Waals surface area (Å²) in [5.41, 5.74) is 1.11. The molecule has 1 N–H and O–H groups in total. The van der Waals surface area contributed by atoms with Crippen LogP contribution in [0.25, 0.3) is 21.5 Å². The van der Waals surface area contributed by atoms with Crippen molar-refractivity contribution < 1.29 is 24.1 Å². The van der Waals surface area contributed by atoms with Crippen LogP contribution in [0.5, 0.6) is 11.5 Å². The van der Waals surface area contributed by atoms with Crippen LogP contribution in [0.1, 0.15) is 5.56 Å². The molecule has 5 heteroatoms. The van der Waals surface area contributed by atoms with Gasteiger partial charge in [0.1, 0.15) is 24.7 Å². The highest BCUT2D eigenvalue weighted by Crippen LogP contribution is 2.34. The molecule has 0 spiro atoms. The minimum atomic E-state index is -0.776. The van der Waals surface area contributed by atoms with Gasteiger partial charge in [-0.25, -0.2) is 4.79 Å². The van der Waals surface area contributed by atoms with Crippen LogP contribution in [-0.4, -0.2) is 30.4 Å². The number of aliphatic hydroxyl groups is 1. The normalized spacial score (nSPS) is 11.8. The number of ether oxygens (including phenoxy) is 3. The first kappa shape index (κ1) is 21.4. The van der Waals surface area contributed by atoms with E-state index in [2.05, 4.69) is 30.8 Å². The average molecular weight is 428 g/mol. The topological polar surface area (TPSA) is 65.0 Å². The lowest BCUT2D eigenvalue weighted by molar-refractivity contribution is -0.146. The zero-order chi connectivity index (χ0) is 22.3. The molecule has 0 saturated heterocycles. The molecule has 0 saturated carbocycles. The largest absolute Gasteiger partial charge is 0.489 e. The van der Waals surface area contributed by atoms with Crippen LogP contribution in [-0.2, 0) is 16.1 Å². The van der Waals surface area contributed by atoms with Gasteiger partial charge >= 0.3 is 5.97 Å². The fourth-order valence-corrected chi connectivity index (χ4v) is 3.59. The van der Waals surface area contributed by atoms with Gasteiger partial charge in [-0.2, -0.15) is 0 Å². The molecule has 0 heterocycles. The van der Waals surface area contributed by atoms with E-state index in [1.54, 1.807) is 0 Å². The lowest BCUT2D eigenvalue weighted by atomic mass is 10.1. The highest BCUT2D eigenvalue weighted by atomic mass is 16.6. The van der Waals surface area contributed by atoms with Crippen molar-refractivity contribution in [2.45, 2.75) is 12.7 Å². The molecular weight excluding hydrogens is 404 g/mol. The zero-order valence-electron chi connectivity index (χ0n) is 17.6. The number of benzene rings is 4. The third-order valence-corrected chi connectivity index (χ3v) is 5.19. The Balaban J connectivity index is 1.54. The summed E-state index contributed by atoms with van der Waals surface area (Å²) in [6, 6.07) is 25.9. The predicted octanol–water partition coefficient (Wildman–Crippen LogP) is 5.04. The van der Waals surface area contributed by atoms with Crippen LogP contribution >= 0.6 is 0 Å². The number of hydrogen-bond donors (Lipinski definition) is 1. The summed E-state index contributed by atoms with van der Waals surface area (Å²) in [6.07, 6.45) is 0.279. The Bertz CT molecular complexity index is 1240. The van der Waals surface area contributed by atoms with E-state index in [9.17, 15) is 9.90 Å². The first-order valence-corrected chi connectivity index (χ1v) is 10.4. The smallest absolute Gasteiger partial charge is 0.330 e. The van der Waals surface area contributed by atoms with Gasteiger partial charge in [0.05, 0.1) is 6.61 Å². The third-order valence-electron chi connectivity index (χ3n) is 5.19. The van der Waals surface area contributed by atoms with Crippen LogP contribution in [0, 0.1) is 0 Å². The van der Waals surface area contributed by atoms with E-state index in [1.165, 1.54) is 10.8 Å². The van der Waals surface area contributed by atoms with E-state index in [0.717, 1.165) is 28.2 Å². The fraction of sp³-hybridized carbons (Fsp3) is 0.148. The van der Waals surface area contributed by atoms with Gasteiger partial charge in [0.2, 0.25) is 0 Å². The molecule has 0 amide bonds. The molecule has 0 aliphatic carbocycles. The molecule has 0 aliphatic heterocycles. The number of aliphatic hydroxyl groups excluding tert-OH is 1. The Morgan fingerprint density at radius 1 is 0.844 bits per heavy atom. The van der Waals surface area contributed by atoms with Gasteiger partial charge in [-0.3, -0.25) is 0 Å². The monoisotopic (exact) mass is 428 g/mol. The second-order valence-corrected chi connectivity index (χ2v) is 7.29. The molecule has 1 unspecified atom stereocenters. The van der Waals surface area contributed by atoms with E-state index in [-0.39, 0.29) is 13.2 Å². The van der Waals surface area contributed by atoms with E-state index in [0.29, 0.717) is 12.4 Å². The number of carbonyl (C=O) groups excluding carboxylic acids is 1. The maximum Gasteiger partial charge on any atom is 0.330 e. The summed E-state index contributed by atoms with van der Waals surface area (Å²) in [7, 11) is 0. The molecule has 1 atom stereocenters. The Labute approximate surface area is 186 Å². The van der Waals surface area contributed by atoms with Crippen molar-refractivity contribution in [3.05, 3.63) is 97.1 Å². The molecule has 162 valence electrons. The molecule has 32 heavy (non-hydrogen) atoms. The molecule has 0 bridgehead atoms. The fourth-order valence-electron chi connectivity index (χ4n) is 3.59. The highest BCUT2D eigenvalue weighted by Gasteiger charge is 2.15. The molecule has 0 radical (unpaired) electrons. The summed E-state index contributed by atoms with van der Waals surface area (Å²) in [6.45, 7) is 3.48. The summed E-state index contributed by atoms with van der Waals surface area (Å²) >= 11 is 0. The van der Waals surface area contributed by atoms with E-state index >= 15 is 0 Å². The van der Waals surface area contributed by atoms with Crippen molar-refractivity contribution in [3.8, 4) is 11.5 Å². The van der Waals surface area contributed by atoms with Gasteiger partial charge in [0.25, 0.3) is 0 Å². The second-order valence-electron chi connectivity index (χ2n) is 7.29. The van der Waals surface area contributed by atoms with Gasteiger partial charge in [0.15, 0.2) is 6.10 Å². The second kappa shape index (κ2) is 9.98. The molecule has 0 aromatic heterocycles. The van der Waals surface area contributed by atoms with Gasteiger partial charge in [0, 0.05) is 16.8 Å². The van der Waals surface area contributed by atoms with Crippen LogP contribution < -0.4 is 9.47 Å². The molecule has 4 aromatic rings. The first-order valence-electron chi connectivity index (χ1n) is 10.4. The average Bonchev–Trinajstić information content (AvgIpc) is 2.85. The maximum absolute atomic E-state index is 11.4. The van der Waals surface area contributed by atoms with Crippen molar-refractivity contribution in [1.82, 2.24) is 0 Å². The zero-order valence-corrected chi connectivity index (χ0v) is 17.6. The van der Waals surface area contributed by atoms with Crippen LogP contribution in [0.4, 0.5) is 0 Å². The molecule has 4 aromatic carbocycles. The SMILES string of the molecule is C=CC(=O)OC(CO)COc1ccc(OCc2cccc3ccccc23)c2ccccc12. The number of esters is 1. The van der Waals surface area contributed by atoms with Crippen LogP contribution in [0.2, 0.25) is 0 Å². The lowest BCUT2D eigenvalue weighted by Gasteiger charge is -2.17. The maximum atomic E-state index is 11.4. The van der Waals surface area contributed by atoms with E-state index in [1.807, 2.05) is 54.6 Å². The Morgan fingerprint density at radius 2 is 1.47 bits per heavy atom. The summed E-state index contributed by atoms with van der Waals surface area (Å²) in [5, 5.41) is 13.6. The Morgan fingerprint density at radius 3 is 2.16 bits per heavy atom. The van der Waals surface area contributed by atoms with Gasteiger partial charge in [-0.1, -0.05) is 73.3 Å². The molecular formula is C27H24O5. The summed E-state index contributed by atoms with van der Waals surface area (Å²) < 4.78 is 17.1. The van der Waals surface area contributed by atoms with Crippen molar-refractivity contribution in [2.24, 2.45) is 0 Å². The van der Waals surface area contributed by atoms with Crippen molar-refractivity contribution in [3.63, 3.8) is 0 Å². The molecule has 0 aliphatic rings. The standard InChI is InChI=1S/C27H24O5/c1-2-27(29)32-21(16-28)18-31-26-15-14-25(23-12-5-6-13-24(23)26)30-17-20-10-7-9-19-8-3-4-11-22(19)20/h2-15,21,28H,1,16-18H2. The summed E-state index contributed by atoms with van der Waals surface area (Å²) in [5.74, 6) is 0.763. The minimum absolute atomic E-state index is 0.0241. The number of hydrogen-bond acceptors (Lipinski definition) is 5. The van der Waals surface area contributed by atoms with E-state index < -0.39 is 12.1 Å². The first-order chi connectivity index (χ1) is 15.7. The summed E-state index contributed by atoms with van der Waals surface area (Å²) in [4.78, 5) is 11.4.